The Morgan fingerprint density at radius 2 is 2.00 bits per heavy atom. The Morgan fingerprint density at radius 1 is 1.21 bits per heavy atom. The summed E-state index contributed by atoms with van der Waals surface area (Å²) >= 11 is 0. The highest BCUT2D eigenvalue weighted by molar-refractivity contribution is 5.95. The number of benzene rings is 2. The minimum absolute atomic E-state index is 0.111. The van der Waals surface area contributed by atoms with Crippen LogP contribution in [-0.4, -0.2) is 41.6 Å². The van der Waals surface area contributed by atoms with Crippen molar-refractivity contribution < 1.29 is 13.9 Å². The Morgan fingerprint density at radius 3 is 2.72 bits per heavy atom. The standard InChI is InChI=1S/C31H34FN5O2/c1-39-26-17-29(37(20-26)19-23-4-2-3-22(15-23)18-33)30(38)36-28-16-25(7-8-27(28)32)31(34,12-9-21-5-6-21)24-10-13-35-14-11-24/h2-4,7-8,10-11,13-16,21,26,29H,5-6,9,12,17,19-20,34H2,1H3,(H,36,38)/t26-,29-,31?/m1/s1. The summed E-state index contributed by atoms with van der Waals surface area (Å²) < 4.78 is 20.6. The predicted octanol–water partition coefficient (Wildman–Crippen LogP) is 4.71. The van der Waals surface area contributed by atoms with Crippen LogP contribution in [0, 0.1) is 23.1 Å². The van der Waals surface area contributed by atoms with Gasteiger partial charge in [0.15, 0.2) is 0 Å². The number of pyridine rings is 1. The van der Waals surface area contributed by atoms with Gasteiger partial charge < -0.3 is 15.8 Å². The molecule has 3 aromatic rings. The Labute approximate surface area is 228 Å². The molecule has 1 saturated heterocycles. The third-order valence-electron chi connectivity index (χ3n) is 8.02. The number of anilines is 1. The number of ether oxygens (including phenoxy) is 1. The molecule has 0 bridgehead atoms. The molecule has 1 amide bonds. The fraction of sp³-hybridized carbons (Fsp3) is 0.387. The average Bonchev–Trinajstić information content (AvgIpc) is 3.71. The van der Waals surface area contributed by atoms with Crippen molar-refractivity contribution in [3.63, 3.8) is 0 Å². The highest BCUT2D eigenvalue weighted by Crippen LogP contribution is 2.40. The summed E-state index contributed by atoms with van der Waals surface area (Å²) in [5.41, 5.74) is 9.48. The van der Waals surface area contributed by atoms with Gasteiger partial charge in [0.2, 0.25) is 5.91 Å². The van der Waals surface area contributed by atoms with Gasteiger partial charge in [-0.2, -0.15) is 5.26 Å². The van der Waals surface area contributed by atoms with E-state index in [2.05, 4.69) is 16.4 Å². The van der Waals surface area contributed by atoms with E-state index in [-0.39, 0.29) is 17.7 Å². The first-order valence-corrected chi connectivity index (χ1v) is 13.5. The summed E-state index contributed by atoms with van der Waals surface area (Å²) in [6, 6.07) is 17.5. The lowest BCUT2D eigenvalue weighted by Crippen LogP contribution is -2.40. The lowest BCUT2D eigenvalue weighted by molar-refractivity contribution is -0.120. The second-order valence-electron chi connectivity index (χ2n) is 10.7. The normalized spacial score (nSPS) is 20.8. The predicted molar refractivity (Wildman–Crippen MR) is 147 cm³/mol. The number of hydrogen-bond acceptors (Lipinski definition) is 6. The van der Waals surface area contributed by atoms with Gasteiger partial charge in [0.05, 0.1) is 35.0 Å². The van der Waals surface area contributed by atoms with Crippen LogP contribution >= 0.6 is 0 Å². The highest BCUT2D eigenvalue weighted by Gasteiger charge is 2.38. The molecular weight excluding hydrogens is 493 g/mol. The molecule has 8 heteroatoms. The molecule has 2 aromatic carbocycles. The summed E-state index contributed by atoms with van der Waals surface area (Å²) in [5.74, 6) is -0.127. The lowest BCUT2D eigenvalue weighted by Gasteiger charge is -2.31. The second-order valence-corrected chi connectivity index (χ2v) is 10.7. The molecular formula is C31H34FN5O2. The molecule has 1 saturated carbocycles. The monoisotopic (exact) mass is 527 g/mol. The van der Waals surface area contributed by atoms with Crippen LogP contribution in [-0.2, 0) is 21.6 Å². The smallest absolute Gasteiger partial charge is 0.241 e. The molecule has 39 heavy (non-hydrogen) atoms. The Balaban J connectivity index is 1.38. The maximum Gasteiger partial charge on any atom is 0.241 e. The van der Waals surface area contributed by atoms with Crippen molar-refractivity contribution in [2.24, 2.45) is 11.7 Å². The highest BCUT2D eigenvalue weighted by atomic mass is 19.1. The number of aromatic nitrogens is 1. The van der Waals surface area contributed by atoms with Crippen molar-refractivity contribution in [2.75, 3.05) is 19.0 Å². The fourth-order valence-corrected chi connectivity index (χ4v) is 5.51. The number of hydrogen-bond donors (Lipinski definition) is 2. The molecule has 5 rings (SSSR count). The third kappa shape index (κ3) is 6.17. The topological polar surface area (TPSA) is 104 Å². The second kappa shape index (κ2) is 11.6. The van der Waals surface area contributed by atoms with Crippen LogP contribution in [0.15, 0.2) is 67.0 Å². The number of rotatable bonds is 10. The van der Waals surface area contributed by atoms with E-state index >= 15 is 4.39 Å². The molecule has 2 aliphatic rings. The van der Waals surface area contributed by atoms with E-state index < -0.39 is 17.4 Å². The van der Waals surface area contributed by atoms with Gasteiger partial charge in [-0.3, -0.25) is 14.7 Å². The van der Waals surface area contributed by atoms with Crippen LogP contribution in [0.1, 0.15) is 54.4 Å². The summed E-state index contributed by atoms with van der Waals surface area (Å²) in [4.78, 5) is 19.7. The molecule has 1 aliphatic carbocycles. The number of likely N-dealkylation sites (tertiary alicyclic amines) is 1. The van der Waals surface area contributed by atoms with Crippen LogP contribution < -0.4 is 11.1 Å². The molecule has 3 atom stereocenters. The maximum absolute atomic E-state index is 15.1. The number of methoxy groups -OCH3 is 1. The van der Waals surface area contributed by atoms with Gasteiger partial charge in [-0.15, -0.1) is 0 Å². The average molecular weight is 528 g/mol. The van der Waals surface area contributed by atoms with Gasteiger partial charge in [0.25, 0.3) is 0 Å². The van der Waals surface area contributed by atoms with Gasteiger partial charge in [-0.05, 0) is 78.3 Å². The Hall–Kier alpha value is -3.64. The minimum atomic E-state index is -0.828. The number of amides is 1. The van der Waals surface area contributed by atoms with E-state index in [1.807, 2.05) is 35.2 Å². The molecule has 1 aromatic heterocycles. The zero-order chi connectivity index (χ0) is 27.4. The zero-order valence-corrected chi connectivity index (χ0v) is 22.1. The van der Waals surface area contributed by atoms with E-state index in [0.29, 0.717) is 37.4 Å². The molecule has 2 heterocycles. The van der Waals surface area contributed by atoms with Crippen molar-refractivity contribution in [2.45, 2.75) is 56.3 Å². The SMILES string of the molecule is CO[C@@H]1C[C@H](C(=O)Nc2cc(C(N)(CCC3CC3)c3ccncc3)ccc2F)N(Cc2cccc(C#N)c2)C1. The molecule has 7 nitrogen and oxygen atoms in total. The quantitative estimate of drug-likeness (QED) is 0.396. The van der Waals surface area contributed by atoms with Crippen LogP contribution in [0.2, 0.25) is 0 Å². The Bertz CT molecular complexity index is 1360. The van der Waals surface area contributed by atoms with Crippen LogP contribution in [0.3, 0.4) is 0 Å². The van der Waals surface area contributed by atoms with Crippen molar-refractivity contribution in [1.82, 2.24) is 9.88 Å². The molecule has 1 aliphatic heterocycles. The van der Waals surface area contributed by atoms with E-state index in [4.69, 9.17) is 10.5 Å². The van der Waals surface area contributed by atoms with Gasteiger partial charge in [-0.1, -0.05) is 31.0 Å². The van der Waals surface area contributed by atoms with Gasteiger partial charge >= 0.3 is 0 Å². The number of nitrogens with zero attached hydrogens (tertiary/aromatic N) is 3. The van der Waals surface area contributed by atoms with E-state index in [1.54, 1.807) is 37.7 Å². The van der Waals surface area contributed by atoms with Crippen molar-refractivity contribution in [3.8, 4) is 6.07 Å². The molecule has 1 unspecified atom stereocenters. The molecule has 3 N–H and O–H groups in total. The molecule has 0 radical (unpaired) electrons. The molecule has 202 valence electrons. The summed E-state index contributed by atoms with van der Waals surface area (Å²) in [6.45, 7) is 1.04. The van der Waals surface area contributed by atoms with Crippen LogP contribution in [0.25, 0.3) is 0 Å². The largest absolute Gasteiger partial charge is 0.380 e. The number of nitriles is 1. The summed E-state index contributed by atoms with van der Waals surface area (Å²) in [6.07, 6.45) is 7.94. The van der Waals surface area contributed by atoms with E-state index in [1.165, 1.54) is 18.9 Å². The van der Waals surface area contributed by atoms with E-state index in [9.17, 15) is 10.1 Å². The summed E-state index contributed by atoms with van der Waals surface area (Å²) in [5, 5.41) is 12.1. The number of carbonyl (C=O) groups is 1. The number of nitrogens with two attached hydrogens (primary N) is 1. The first kappa shape index (κ1) is 26.9. The van der Waals surface area contributed by atoms with Crippen molar-refractivity contribution >= 4 is 11.6 Å². The Kier molecular flexibility index (Phi) is 8.03. The zero-order valence-electron chi connectivity index (χ0n) is 22.1. The molecule has 2 fully saturated rings. The van der Waals surface area contributed by atoms with Gasteiger partial charge in [-0.25, -0.2) is 4.39 Å². The van der Waals surface area contributed by atoms with Crippen molar-refractivity contribution in [1.29, 1.82) is 5.26 Å². The molecule has 0 spiro atoms. The lowest BCUT2D eigenvalue weighted by atomic mass is 9.79. The minimum Gasteiger partial charge on any atom is -0.380 e. The summed E-state index contributed by atoms with van der Waals surface area (Å²) in [7, 11) is 1.63. The van der Waals surface area contributed by atoms with E-state index in [0.717, 1.165) is 23.1 Å². The first-order chi connectivity index (χ1) is 18.9. The maximum atomic E-state index is 15.1. The van der Waals surface area contributed by atoms with Crippen molar-refractivity contribution in [3.05, 3.63) is 95.1 Å². The van der Waals surface area contributed by atoms with Gasteiger partial charge in [0.1, 0.15) is 5.82 Å². The third-order valence-corrected chi connectivity index (χ3v) is 8.02. The van der Waals surface area contributed by atoms with Crippen LogP contribution in [0.4, 0.5) is 10.1 Å². The number of carbonyl (C=O) groups excluding carboxylic acids is 1. The van der Waals surface area contributed by atoms with Crippen LogP contribution in [0.5, 0.6) is 0 Å². The number of nitrogens with one attached hydrogen (secondary N) is 1. The van der Waals surface area contributed by atoms with Gasteiger partial charge in [0, 0.05) is 32.6 Å². The fourth-order valence-electron chi connectivity index (χ4n) is 5.51. The number of halogens is 1. The first-order valence-electron chi connectivity index (χ1n) is 13.5.